The summed E-state index contributed by atoms with van der Waals surface area (Å²) in [6, 6.07) is 40.3. The molecule has 0 bridgehead atoms. The fraction of sp³-hybridized carbons (Fsp3) is 0. The first-order chi connectivity index (χ1) is 17.4. The van der Waals surface area contributed by atoms with Crippen molar-refractivity contribution in [3.05, 3.63) is 128 Å². The molecule has 0 amide bonds. The van der Waals surface area contributed by atoms with Crippen molar-refractivity contribution in [3.63, 3.8) is 0 Å². The molecule has 1 aromatic heterocycles. The molecule has 0 fully saturated rings. The van der Waals surface area contributed by atoms with E-state index in [-0.39, 0.29) is 0 Å². The van der Waals surface area contributed by atoms with Gasteiger partial charge in [-0.3, -0.25) is 4.98 Å². The molecule has 0 N–H and O–H groups in total. The molecular weight excluding hydrogens is 426 g/mol. The molecule has 7 aromatic rings. The summed E-state index contributed by atoms with van der Waals surface area (Å²) in [5, 5.41) is 9.08. The third-order valence-electron chi connectivity index (χ3n) is 6.78. The highest BCUT2D eigenvalue weighted by Gasteiger charge is 2.18. The van der Waals surface area contributed by atoms with Crippen molar-refractivity contribution in [2.75, 3.05) is 0 Å². The maximum Gasteiger partial charge on any atom is 0.143 e. The highest BCUT2D eigenvalue weighted by Crippen LogP contribution is 2.45. The fourth-order valence-corrected chi connectivity index (χ4v) is 5.14. The maximum atomic E-state index is 6.75. The average molecular weight is 448 g/mol. The normalized spacial score (nSPS) is 11.4. The van der Waals surface area contributed by atoms with Crippen molar-refractivity contribution in [1.82, 2.24) is 4.98 Å². The predicted molar refractivity (Wildman–Crippen MR) is 146 cm³/mol. The second-order valence-electron chi connectivity index (χ2n) is 8.81. The van der Waals surface area contributed by atoms with Crippen LogP contribution in [0.2, 0.25) is 0 Å². The Labute approximate surface area is 203 Å². The molecule has 2 nitrogen and oxygen atoms in total. The Kier molecular flexibility index (Phi) is 4.49. The Morgan fingerprint density at radius 2 is 1.17 bits per heavy atom. The van der Waals surface area contributed by atoms with Gasteiger partial charge in [0, 0.05) is 33.9 Å². The van der Waals surface area contributed by atoms with Gasteiger partial charge < -0.3 is 4.74 Å². The number of benzene rings is 6. The Hall–Kier alpha value is -4.69. The van der Waals surface area contributed by atoms with Gasteiger partial charge in [-0.25, -0.2) is 0 Å². The number of hydrogen-bond acceptors (Lipinski definition) is 2. The monoisotopic (exact) mass is 447 g/mol. The molecule has 164 valence electrons. The fourth-order valence-electron chi connectivity index (χ4n) is 5.14. The van der Waals surface area contributed by atoms with Crippen LogP contribution in [0.1, 0.15) is 0 Å². The molecule has 0 spiro atoms. The second-order valence-corrected chi connectivity index (χ2v) is 8.81. The molecule has 2 heteroatoms. The number of nitrogens with zero attached hydrogens (tertiary/aromatic N) is 1. The van der Waals surface area contributed by atoms with Crippen LogP contribution in [0.15, 0.2) is 128 Å². The van der Waals surface area contributed by atoms with E-state index in [0.717, 1.165) is 43.8 Å². The Balaban J connectivity index is 1.54. The summed E-state index contributed by atoms with van der Waals surface area (Å²) < 4.78 is 6.75. The number of fused-ring (bicyclic) bond motifs is 4. The summed E-state index contributed by atoms with van der Waals surface area (Å²) in [6.45, 7) is 0. The molecule has 0 radical (unpaired) electrons. The van der Waals surface area contributed by atoms with E-state index in [1.54, 1.807) is 0 Å². The van der Waals surface area contributed by atoms with Gasteiger partial charge in [-0.2, -0.15) is 0 Å². The van der Waals surface area contributed by atoms with Gasteiger partial charge in [0.05, 0.1) is 0 Å². The van der Waals surface area contributed by atoms with Gasteiger partial charge in [0.2, 0.25) is 0 Å². The van der Waals surface area contributed by atoms with Crippen molar-refractivity contribution in [2.24, 2.45) is 0 Å². The molecular formula is C33H21NO. The Morgan fingerprint density at radius 1 is 0.486 bits per heavy atom. The molecule has 0 saturated carbocycles. The maximum absolute atomic E-state index is 6.75. The summed E-state index contributed by atoms with van der Waals surface area (Å²) >= 11 is 0. The zero-order chi connectivity index (χ0) is 23.2. The standard InChI is InChI=1S/C33H21NO/c1-2-10-24-20-25(17-16-22(24)8-1)32-27-13-5-6-14-28(27)33(29-18-19-34-21-30(29)32)35-31-15-7-11-23-9-3-4-12-26(23)31/h1-21H. The van der Waals surface area contributed by atoms with Crippen LogP contribution < -0.4 is 4.74 Å². The lowest BCUT2D eigenvalue weighted by molar-refractivity contribution is 0.499. The number of pyridine rings is 1. The molecule has 6 aromatic carbocycles. The third kappa shape index (κ3) is 3.23. The summed E-state index contributed by atoms with van der Waals surface area (Å²) in [6.07, 6.45) is 3.81. The third-order valence-corrected chi connectivity index (χ3v) is 6.78. The average Bonchev–Trinajstić information content (AvgIpc) is 2.93. The van der Waals surface area contributed by atoms with E-state index >= 15 is 0 Å². The van der Waals surface area contributed by atoms with Crippen LogP contribution >= 0.6 is 0 Å². The topological polar surface area (TPSA) is 22.1 Å². The van der Waals surface area contributed by atoms with Crippen molar-refractivity contribution in [1.29, 1.82) is 0 Å². The van der Waals surface area contributed by atoms with Gasteiger partial charge in [-0.15, -0.1) is 0 Å². The Bertz CT molecular complexity index is 1820. The van der Waals surface area contributed by atoms with Crippen LogP contribution in [-0.2, 0) is 0 Å². The zero-order valence-corrected chi connectivity index (χ0v) is 19.0. The minimum absolute atomic E-state index is 0.852. The number of hydrogen-bond donors (Lipinski definition) is 0. The first-order valence-electron chi connectivity index (χ1n) is 11.8. The lowest BCUT2D eigenvalue weighted by atomic mass is 9.91. The van der Waals surface area contributed by atoms with Crippen molar-refractivity contribution < 1.29 is 4.74 Å². The molecule has 0 atom stereocenters. The summed E-state index contributed by atoms with van der Waals surface area (Å²) in [4.78, 5) is 4.51. The molecule has 0 unspecified atom stereocenters. The minimum atomic E-state index is 0.852. The largest absolute Gasteiger partial charge is 0.455 e. The lowest BCUT2D eigenvalue weighted by Crippen LogP contribution is -1.93. The van der Waals surface area contributed by atoms with E-state index in [4.69, 9.17) is 4.74 Å². The highest BCUT2D eigenvalue weighted by molar-refractivity contribution is 6.17. The molecule has 0 aliphatic carbocycles. The summed E-state index contributed by atoms with van der Waals surface area (Å²) in [7, 11) is 0. The summed E-state index contributed by atoms with van der Waals surface area (Å²) in [5.74, 6) is 1.71. The first-order valence-corrected chi connectivity index (χ1v) is 11.8. The van der Waals surface area contributed by atoms with E-state index in [1.807, 2.05) is 24.5 Å². The lowest BCUT2D eigenvalue weighted by Gasteiger charge is -2.18. The molecule has 7 rings (SSSR count). The van der Waals surface area contributed by atoms with E-state index in [0.29, 0.717) is 0 Å². The van der Waals surface area contributed by atoms with Crippen molar-refractivity contribution in [3.8, 4) is 22.6 Å². The van der Waals surface area contributed by atoms with Gasteiger partial charge in [0.1, 0.15) is 11.5 Å². The second kappa shape index (κ2) is 7.96. The number of ether oxygens (including phenoxy) is 1. The highest BCUT2D eigenvalue weighted by atomic mass is 16.5. The molecule has 0 saturated heterocycles. The smallest absolute Gasteiger partial charge is 0.143 e. The van der Waals surface area contributed by atoms with Gasteiger partial charge in [-0.05, 0) is 50.9 Å². The van der Waals surface area contributed by atoms with Crippen LogP contribution in [0.4, 0.5) is 0 Å². The molecule has 0 aliphatic heterocycles. The van der Waals surface area contributed by atoms with Gasteiger partial charge in [0.25, 0.3) is 0 Å². The van der Waals surface area contributed by atoms with E-state index in [1.165, 1.54) is 21.9 Å². The van der Waals surface area contributed by atoms with Crippen molar-refractivity contribution in [2.45, 2.75) is 0 Å². The quantitative estimate of drug-likeness (QED) is 0.252. The van der Waals surface area contributed by atoms with Crippen molar-refractivity contribution >= 4 is 43.1 Å². The Morgan fingerprint density at radius 3 is 2.06 bits per heavy atom. The predicted octanol–water partition coefficient (Wildman–Crippen LogP) is 9.15. The van der Waals surface area contributed by atoms with Gasteiger partial charge in [-0.1, -0.05) is 97.1 Å². The van der Waals surface area contributed by atoms with E-state index in [2.05, 4.69) is 108 Å². The van der Waals surface area contributed by atoms with Crippen LogP contribution in [0.3, 0.4) is 0 Å². The minimum Gasteiger partial charge on any atom is -0.455 e. The van der Waals surface area contributed by atoms with Gasteiger partial charge in [0.15, 0.2) is 0 Å². The molecule has 1 heterocycles. The van der Waals surface area contributed by atoms with Gasteiger partial charge >= 0.3 is 0 Å². The number of rotatable bonds is 3. The van der Waals surface area contributed by atoms with Crippen LogP contribution in [0.25, 0.3) is 54.2 Å². The summed E-state index contributed by atoms with van der Waals surface area (Å²) in [5.41, 5.74) is 2.36. The van der Waals surface area contributed by atoms with E-state index < -0.39 is 0 Å². The number of aromatic nitrogens is 1. The van der Waals surface area contributed by atoms with Crippen LogP contribution in [0.5, 0.6) is 11.5 Å². The molecule has 0 aliphatic rings. The molecule has 35 heavy (non-hydrogen) atoms. The van der Waals surface area contributed by atoms with Crippen LogP contribution in [0, 0.1) is 0 Å². The SMILES string of the molecule is c1ccc2cc(-c3c4ccccc4c(Oc4cccc5ccccc45)c4ccncc34)ccc2c1. The van der Waals surface area contributed by atoms with Crippen LogP contribution in [-0.4, -0.2) is 4.98 Å². The van der Waals surface area contributed by atoms with E-state index in [9.17, 15) is 0 Å². The zero-order valence-electron chi connectivity index (χ0n) is 19.0. The first kappa shape index (κ1) is 19.7.